The fraction of sp³-hybridized carbons (Fsp3) is 0.381. The van der Waals surface area contributed by atoms with Crippen molar-refractivity contribution in [3.05, 3.63) is 47.3 Å². The van der Waals surface area contributed by atoms with E-state index in [0.717, 1.165) is 17.7 Å². The van der Waals surface area contributed by atoms with E-state index in [9.17, 15) is 14.0 Å². The summed E-state index contributed by atoms with van der Waals surface area (Å²) in [5.74, 6) is -1.44. The highest BCUT2D eigenvalue weighted by Gasteiger charge is 2.36. The molecule has 1 aromatic rings. The second-order valence-electron chi connectivity index (χ2n) is 7.93. The van der Waals surface area contributed by atoms with Gasteiger partial charge in [-0.1, -0.05) is 13.0 Å². The number of rotatable bonds is 3. The number of hydrogen-bond donors (Lipinski definition) is 1. The minimum absolute atomic E-state index is 0.0236. The summed E-state index contributed by atoms with van der Waals surface area (Å²) in [7, 11) is 1.95. The molecule has 28 heavy (non-hydrogen) atoms. The summed E-state index contributed by atoms with van der Waals surface area (Å²) in [6.45, 7) is 10.1. The van der Waals surface area contributed by atoms with E-state index in [1.54, 1.807) is 6.07 Å². The SMILES string of the molecule is C=CCN1C(=O)/C(=C/c2cc3c(cc2F)N(C)C(C)(C)CC3C)C(=O)NC1=S. The predicted molar refractivity (Wildman–Crippen MR) is 113 cm³/mol. The number of halogens is 1. The number of amides is 2. The highest BCUT2D eigenvalue weighted by Crippen LogP contribution is 2.43. The highest BCUT2D eigenvalue weighted by atomic mass is 32.1. The Morgan fingerprint density at radius 2 is 2.07 bits per heavy atom. The number of anilines is 1. The van der Waals surface area contributed by atoms with Gasteiger partial charge in [-0.3, -0.25) is 19.8 Å². The summed E-state index contributed by atoms with van der Waals surface area (Å²) in [4.78, 5) is 28.3. The summed E-state index contributed by atoms with van der Waals surface area (Å²) in [6.07, 6.45) is 3.73. The number of carbonyl (C=O) groups is 2. The van der Waals surface area contributed by atoms with Crippen LogP contribution in [-0.4, -0.2) is 41.0 Å². The van der Waals surface area contributed by atoms with Crippen molar-refractivity contribution >= 4 is 40.9 Å². The molecule has 2 amide bonds. The Morgan fingerprint density at radius 1 is 1.39 bits per heavy atom. The molecule has 0 spiro atoms. The van der Waals surface area contributed by atoms with E-state index in [0.29, 0.717) is 0 Å². The van der Waals surface area contributed by atoms with E-state index in [1.165, 1.54) is 23.1 Å². The molecule has 0 saturated carbocycles. The van der Waals surface area contributed by atoms with E-state index >= 15 is 0 Å². The number of thiocarbonyl (C=S) groups is 1. The van der Waals surface area contributed by atoms with Crippen molar-refractivity contribution in [2.24, 2.45) is 0 Å². The third kappa shape index (κ3) is 3.35. The van der Waals surface area contributed by atoms with Gasteiger partial charge in [0.2, 0.25) is 0 Å². The first-order valence-electron chi connectivity index (χ1n) is 9.14. The molecule has 1 unspecified atom stereocenters. The molecule has 1 aromatic carbocycles. The first kappa shape index (κ1) is 20.2. The Balaban J connectivity index is 2.06. The van der Waals surface area contributed by atoms with Crippen LogP contribution < -0.4 is 10.2 Å². The lowest BCUT2D eigenvalue weighted by atomic mass is 9.80. The fourth-order valence-electron chi connectivity index (χ4n) is 3.86. The summed E-state index contributed by atoms with van der Waals surface area (Å²) >= 11 is 5.04. The van der Waals surface area contributed by atoms with E-state index in [1.807, 2.05) is 7.05 Å². The second kappa shape index (κ2) is 7.13. The van der Waals surface area contributed by atoms with Crippen molar-refractivity contribution in [2.75, 3.05) is 18.5 Å². The summed E-state index contributed by atoms with van der Waals surface area (Å²) in [5, 5.41) is 2.50. The molecule has 1 fully saturated rings. The van der Waals surface area contributed by atoms with Crippen LogP contribution in [0.15, 0.2) is 30.4 Å². The molecule has 0 aliphatic carbocycles. The van der Waals surface area contributed by atoms with Gasteiger partial charge in [-0.05, 0) is 62.2 Å². The van der Waals surface area contributed by atoms with Crippen molar-refractivity contribution in [2.45, 2.75) is 38.6 Å². The molecule has 0 aromatic heterocycles. The van der Waals surface area contributed by atoms with Crippen LogP contribution in [0.1, 0.15) is 44.2 Å². The van der Waals surface area contributed by atoms with Gasteiger partial charge in [0, 0.05) is 30.4 Å². The molecule has 2 heterocycles. The van der Waals surface area contributed by atoms with Gasteiger partial charge < -0.3 is 4.90 Å². The van der Waals surface area contributed by atoms with Gasteiger partial charge in [0.1, 0.15) is 11.4 Å². The summed E-state index contributed by atoms with van der Waals surface area (Å²) < 4.78 is 14.9. The molecule has 2 aliphatic heterocycles. The smallest absolute Gasteiger partial charge is 0.265 e. The van der Waals surface area contributed by atoms with Gasteiger partial charge in [0.15, 0.2) is 5.11 Å². The maximum atomic E-state index is 14.9. The Bertz CT molecular complexity index is 922. The highest BCUT2D eigenvalue weighted by molar-refractivity contribution is 7.80. The zero-order valence-corrected chi connectivity index (χ0v) is 17.3. The largest absolute Gasteiger partial charge is 0.369 e. The molecular weight excluding hydrogens is 377 g/mol. The van der Waals surface area contributed by atoms with Crippen molar-refractivity contribution in [1.82, 2.24) is 10.2 Å². The first-order valence-corrected chi connectivity index (χ1v) is 9.54. The summed E-state index contributed by atoms with van der Waals surface area (Å²) in [6, 6.07) is 3.22. The van der Waals surface area contributed by atoms with Crippen molar-refractivity contribution in [3.63, 3.8) is 0 Å². The Kier molecular flexibility index (Phi) is 5.14. The maximum Gasteiger partial charge on any atom is 0.265 e. The fourth-order valence-corrected chi connectivity index (χ4v) is 4.11. The molecule has 0 bridgehead atoms. The first-order chi connectivity index (χ1) is 13.1. The lowest BCUT2D eigenvalue weighted by Crippen LogP contribution is -2.53. The molecule has 7 heteroatoms. The quantitative estimate of drug-likeness (QED) is 0.365. The molecule has 1 saturated heterocycles. The van der Waals surface area contributed by atoms with Crippen LogP contribution in [0.3, 0.4) is 0 Å². The van der Waals surface area contributed by atoms with E-state index in [4.69, 9.17) is 12.2 Å². The topological polar surface area (TPSA) is 52.7 Å². The van der Waals surface area contributed by atoms with Gasteiger partial charge in [0.25, 0.3) is 11.8 Å². The number of hydrogen-bond acceptors (Lipinski definition) is 4. The monoisotopic (exact) mass is 401 g/mol. The van der Waals surface area contributed by atoms with Crippen LogP contribution in [0, 0.1) is 5.82 Å². The zero-order valence-electron chi connectivity index (χ0n) is 16.5. The Hall–Kier alpha value is -2.54. The van der Waals surface area contributed by atoms with Crippen molar-refractivity contribution < 1.29 is 14.0 Å². The van der Waals surface area contributed by atoms with E-state index in [-0.39, 0.29) is 34.3 Å². The number of fused-ring (bicyclic) bond motifs is 1. The molecular formula is C21H24FN3O2S. The number of benzene rings is 1. The normalized spacial score (nSPS) is 23.0. The van der Waals surface area contributed by atoms with Gasteiger partial charge in [-0.2, -0.15) is 0 Å². The molecule has 1 atom stereocenters. The molecule has 3 rings (SSSR count). The van der Waals surface area contributed by atoms with Crippen LogP contribution in [0.25, 0.3) is 6.08 Å². The van der Waals surface area contributed by atoms with Crippen molar-refractivity contribution in [1.29, 1.82) is 0 Å². The van der Waals surface area contributed by atoms with Crippen LogP contribution in [0.4, 0.5) is 10.1 Å². The van der Waals surface area contributed by atoms with E-state index in [2.05, 4.69) is 37.6 Å². The lowest BCUT2D eigenvalue weighted by molar-refractivity contribution is -0.128. The second-order valence-corrected chi connectivity index (χ2v) is 8.32. The third-order valence-electron chi connectivity index (χ3n) is 5.55. The Labute approximate surface area is 169 Å². The minimum atomic E-state index is -0.626. The van der Waals surface area contributed by atoms with Crippen LogP contribution >= 0.6 is 12.2 Å². The number of nitrogens with one attached hydrogen (secondary N) is 1. The average Bonchev–Trinajstić information content (AvgIpc) is 2.60. The standard InChI is InChI=1S/C21H24FN3O2S/c1-6-7-25-19(27)15(18(26)23-20(25)28)9-13-8-14-12(2)11-21(3,4)24(5)17(14)10-16(13)22/h6,8-10,12H,1,7,11H2,2-5H3,(H,23,26,28)/b15-9+. The Morgan fingerprint density at radius 3 is 2.71 bits per heavy atom. The van der Waals surface area contributed by atoms with Gasteiger partial charge in [-0.25, -0.2) is 4.39 Å². The number of carbonyl (C=O) groups excluding carboxylic acids is 2. The van der Waals surface area contributed by atoms with Gasteiger partial charge in [-0.15, -0.1) is 6.58 Å². The minimum Gasteiger partial charge on any atom is -0.369 e. The molecule has 0 radical (unpaired) electrons. The van der Waals surface area contributed by atoms with Crippen LogP contribution in [-0.2, 0) is 9.59 Å². The zero-order chi connectivity index (χ0) is 20.8. The maximum absolute atomic E-state index is 14.9. The van der Waals surface area contributed by atoms with E-state index < -0.39 is 17.6 Å². The molecule has 148 valence electrons. The third-order valence-corrected chi connectivity index (χ3v) is 5.87. The molecule has 5 nitrogen and oxygen atoms in total. The van der Waals surface area contributed by atoms with Gasteiger partial charge in [0.05, 0.1) is 0 Å². The molecule has 1 N–H and O–H groups in total. The lowest BCUT2D eigenvalue weighted by Gasteiger charge is -2.45. The summed E-state index contributed by atoms with van der Waals surface area (Å²) in [5.41, 5.74) is 1.81. The predicted octanol–water partition coefficient (Wildman–Crippen LogP) is 3.36. The number of nitrogens with zero attached hydrogens (tertiary/aromatic N) is 2. The van der Waals surface area contributed by atoms with Crippen LogP contribution in [0.5, 0.6) is 0 Å². The average molecular weight is 402 g/mol. The molecule has 2 aliphatic rings. The van der Waals surface area contributed by atoms with Crippen molar-refractivity contribution in [3.8, 4) is 0 Å². The van der Waals surface area contributed by atoms with Crippen LogP contribution in [0.2, 0.25) is 0 Å². The van der Waals surface area contributed by atoms with Gasteiger partial charge >= 0.3 is 0 Å².